The summed E-state index contributed by atoms with van der Waals surface area (Å²) in [6.07, 6.45) is 0.838. The van der Waals surface area contributed by atoms with Gasteiger partial charge in [0.2, 0.25) is 0 Å². The summed E-state index contributed by atoms with van der Waals surface area (Å²) in [6.45, 7) is 3.70. The Morgan fingerprint density at radius 1 is 0.833 bits per heavy atom. The lowest BCUT2D eigenvalue weighted by Gasteiger charge is -2.21. The van der Waals surface area contributed by atoms with Crippen molar-refractivity contribution in [3.05, 3.63) is 83.4 Å². The summed E-state index contributed by atoms with van der Waals surface area (Å²) in [5.74, 6) is 0. The smallest absolute Gasteiger partial charge is 0.0843 e. The van der Waals surface area contributed by atoms with Gasteiger partial charge in [-0.15, -0.1) is 11.3 Å². The molecule has 1 nitrogen and oxygen atoms in total. The SMILES string of the molecule is CC(C)(O)c1ccccc1Cc1ccc2c(c1)sc1ccccc12. The van der Waals surface area contributed by atoms with Gasteiger partial charge in [-0.25, -0.2) is 0 Å². The topological polar surface area (TPSA) is 20.2 Å². The van der Waals surface area contributed by atoms with Gasteiger partial charge in [0.1, 0.15) is 0 Å². The molecule has 1 N–H and O–H groups in total. The van der Waals surface area contributed by atoms with E-state index in [9.17, 15) is 5.11 Å². The molecule has 0 amide bonds. The van der Waals surface area contributed by atoms with E-state index < -0.39 is 5.60 Å². The van der Waals surface area contributed by atoms with Gasteiger partial charge >= 0.3 is 0 Å². The molecule has 0 saturated heterocycles. The Bertz CT molecular complexity index is 1020. The predicted octanol–water partition coefficient (Wildman–Crippen LogP) is 5.87. The van der Waals surface area contributed by atoms with E-state index in [2.05, 4.69) is 48.5 Å². The first-order valence-corrected chi connectivity index (χ1v) is 9.05. The van der Waals surface area contributed by atoms with Crippen LogP contribution in [0.1, 0.15) is 30.5 Å². The molecule has 4 aromatic rings. The second-order valence-corrected chi connectivity index (χ2v) is 7.91. The zero-order valence-electron chi connectivity index (χ0n) is 13.9. The normalized spacial score (nSPS) is 12.1. The van der Waals surface area contributed by atoms with Crippen molar-refractivity contribution in [3.8, 4) is 0 Å². The third-order valence-electron chi connectivity index (χ3n) is 4.51. The molecule has 0 saturated carbocycles. The van der Waals surface area contributed by atoms with E-state index >= 15 is 0 Å². The zero-order valence-corrected chi connectivity index (χ0v) is 14.7. The average Bonchev–Trinajstić information content (AvgIpc) is 2.92. The van der Waals surface area contributed by atoms with E-state index in [1.807, 2.05) is 43.4 Å². The summed E-state index contributed by atoms with van der Waals surface area (Å²) in [6, 6.07) is 23.5. The van der Waals surface area contributed by atoms with Crippen molar-refractivity contribution in [2.45, 2.75) is 25.9 Å². The predicted molar refractivity (Wildman–Crippen MR) is 104 cm³/mol. The minimum Gasteiger partial charge on any atom is -0.386 e. The van der Waals surface area contributed by atoms with Crippen LogP contribution in [0.25, 0.3) is 20.2 Å². The van der Waals surface area contributed by atoms with E-state index in [1.165, 1.54) is 31.3 Å². The first-order chi connectivity index (χ1) is 11.5. The molecule has 0 aliphatic heterocycles. The molecular weight excluding hydrogens is 312 g/mol. The van der Waals surface area contributed by atoms with Gasteiger partial charge in [0.05, 0.1) is 5.60 Å². The lowest BCUT2D eigenvalue weighted by atomic mass is 9.90. The lowest BCUT2D eigenvalue weighted by molar-refractivity contribution is 0.0777. The van der Waals surface area contributed by atoms with Crippen LogP contribution in [0.2, 0.25) is 0 Å². The number of thiophene rings is 1. The molecule has 0 bridgehead atoms. The third kappa shape index (κ3) is 2.72. The van der Waals surface area contributed by atoms with E-state index in [1.54, 1.807) is 0 Å². The largest absolute Gasteiger partial charge is 0.386 e. The first kappa shape index (κ1) is 15.4. The van der Waals surface area contributed by atoms with Gasteiger partial charge < -0.3 is 5.11 Å². The Morgan fingerprint density at radius 3 is 2.38 bits per heavy atom. The molecule has 0 fully saturated rings. The van der Waals surface area contributed by atoms with Crippen LogP contribution >= 0.6 is 11.3 Å². The van der Waals surface area contributed by atoms with Crippen molar-refractivity contribution >= 4 is 31.5 Å². The van der Waals surface area contributed by atoms with Crippen molar-refractivity contribution in [1.82, 2.24) is 0 Å². The van der Waals surface area contributed by atoms with E-state index in [0.29, 0.717) is 0 Å². The highest BCUT2D eigenvalue weighted by Crippen LogP contribution is 2.35. The van der Waals surface area contributed by atoms with Gasteiger partial charge in [-0.05, 0) is 49.1 Å². The highest BCUT2D eigenvalue weighted by Gasteiger charge is 2.19. The van der Waals surface area contributed by atoms with Crippen molar-refractivity contribution in [1.29, 1.82) is 0 Å². The van der Waals surface area contributed by atoms with E-state index in [0.717, 1.165) is 12.0 Å². The number of benzene rings is 3. The van der Waals surface area contributed by atoms with Gasteiger partial charge in [0, 0.05) is 20.2 Å². The fourth-order valence-corrected chi connectivity index (χ4v) is 4.54. The molecule has 24 heavy (non-hydrogen) atoms. The minimum absolute atomic E-state index is 0.821. The Labute approximate surface area is 146 Å². The van der Waals surface area contributed by atoms with Gasteiger partial charge in [0.15, 0.2) is 0 Å². The van der Waals surface area contributed by atoms with Crippen LogP contribution in [0.15, 0.2) is 66.7 Å². The maximum atomic E-state index is 10.4. The summed E-state index contributed by atoms with van der Waals surface area (Å²) < 4.78 is 2.66. The van der Waals surface area contributed by atoms with E-state index in [-0.39, 0.29) is 0 Å². The number of aliphatic hydroxyl groups is 1. The molecule has 1 heterocycles. The molecular formula is C22H20OS. The molecule has 0 radical (unpaired) electrons. The van der Waals surface area contributed by atoms with Crippen molar-refractivity contribution in [3.63, 3.8) is 0 Å². The van der Waals surface area contributed by atoms with Gasteiger partial charge in [-0.2, -0.15) is 0 Å². The van der Waals surface area contributed by atoms with Crippen molar-refractivity contribution < 1.29 is 5.11 Å². The number of rotatable bonds is 3. The van der Waals surface area contributed by atoms with Crippen molar-refractivity contribution in [2.75, 3.05) is 0 Å². The van der Waals surface area contributed by atoms with Crippen LogP contribution in [-0.2, 0) is 12.0 Å². The monoisotopic (exact) mass is 332 g/mol. The summed E-state index contributed by atoms with van der Waals surface area (Å²) >= 11 is 1.85. The van der Waals surface area contributed by atoms with E-state index in [4.69, 9.17) is 0 Å². The summed E-state index contributed by atoms with van der Waals surface area (Å²) in [5.41, 5.74) is 2.65. The molecule has 1 aromatic heterocycles. The Balaban J connectivity index is 1.77. The Morgan fingerprint density at radius 2 is 1.54 bits per heavy atom. The van der Waals surface area contributed by atoms with Crippen LogP contribution in [0.5, 0.6) is 0 Å². The van der Waals surface area contributed by atoms with Crippen LogP contribution in [0.3, 0.4) is 0 Å². The maximum Gasteiger partial charge on any atom is 0.0843 e. The molecule has 0 atom stereocenters. The van der Waals surface area contributed by atoms with Gasteiger partial charge in [-0.1, -0.05) is 54.6 Å². The Kier molecular flexibility index (Phi) is 3.67. The maximum absolute atomic E-state index is 10.4. The molecule has 120 valence electrons. The van der Waals surface area contributed by atoms with Crippen LogP contribution in [-0.4, -0.2) is 5.11 Å². The summed E-state index contributed by atoms with van der Waals surface area (Å²) in [5, 5.41) is 13.1. The highest BCUT2D eigenvalue weighted by molar-refractivity contribution is 7.25. The second kappa shape index (κ2) is 5.73. The number of hydrogen-bond acceptors (Lipinski definition) is 2. The fourth-order valence-electron chi connectivity index (χ4n) is 3.37. The molecule has 4 rings (SSSR count). The van der Waals surface area contributed by atoms with Gasteiger partial charge in [-0.3, -0.25) is 0 Å². The van der Waals surface area contributed by atoms with Gasteiger partial charge in [0.25, 0.3) is 0 Å². The standard InChI is InChI=1S/C22H20OS/c1-22(2,23)19-9-5-3-7-16(19)13-15-11-12-18-17-8-4-6-10-20(17)24-21(18)14-15/h3-12,14,23H,13H2,1-2H3. The first-order valence-electron chi connectivity index (χ1n) is 8.23. The number of hydrogen-bond donors (Lipinski definition) is 1. The fraction of sp³-hybridized carbons (Fsp3) is 0.182. The summed E-state index contributed by atoms with van der Waals surface area (Å²) in [4.78, 5) is 0. The molecule has 0 aliphatic rings. The highest BCUT2D eigenvalue weighted by atomic mass is 32.1. The average molecular weight is 332 g/mol. The molecule has 0 spiro atoms. The van der Waals surface area contributed by atoms with Crippen LogP contribution < -0.4 is 0 Å². The molecule has 0 aliphatic carbocycles. The molecule has 2 heteroatoms. The van der Waals surface area contributed by atoms with Crippen molar-refractivity contribution in [2.24, 2.45) is 0 Å². The second-order valence-electron chi connectivity index (χ2n) is 6.82. The van der Waals surface area contributed by atoms with Crippen LogP contribution in [0.4, 0.5) is 0 Å². The summed E-state index contributed by atoms with van der Waals surface area (Å²) in [7, 11) is 0. The third-order valence-corrected chi connectivity index (χ3v) is 5.65. The zero-order chi connectivity index (χ0) is 16.7. The Hall–Kier alpha value is -2.16. The quantitative estimate of drug-likeness (QED) is 0.497. The molecule has 3 aromatic carbocycles. The number of fused-ring (bicyclic) bond motifs is 3. The lowest BCUT2D eigenvalue weighted by Crippen LogP contribution is -2.18. The minimum atomic E-state index is -0.821. The molecule has 0 unspecified atom stereocenters. The van der Waals surface area contributed by atoms with Crippen LogP contribution in [0, 0.1) is 0 Å².